The lowest BCUT2D eigenvalue weighted by atomic mass is 10.3. The first-order valence-corrected chi connectivity index (χ1v) is 8.37. The molecule has 1 N–H and O–H groups in total. The molecule has 3 aromatic rings. The summed E-state index contributed by atoms with van der Waals surface area (Å²) in [7, 11) is 1.89. The highest BCUT2D eigenvalue weighted by atomic mass is 32.2. The van der Waals surface area contributed by atoms with Crippen LogP contribution in [0.3, 0.4) is 0 Å². The quantitative estimate of drug-likeness (QED) is 0.680. The molecule has 2 heterocycles. The number of amides is 1. The summed E-state index contributed by atoms with van der Waals surface area (Å²) in [5, 5.41) is 15.5. The zero-order valence-corrected chi connectivity index (χ0v) is 14.1. The molecule has 9 heteroatoms. The highest BCUT2D eigenvalue weighted by Crippen LogP contribution is 2.16. The molecule has 0 saturated heterocycles. The van der Waals surface area contributed by atoms with Crippen LogP contribution in [0, 0.1) is 0 Å². The summed E-state index contributed by atoms with van der Waals surface area (Å²) in [6.07, 6.45) is 3.55. The van der Waals surface area contributed by atoms with Gasteiger partial charge in [0.1, 0.15) is 0 Å². The van der Waals surface area contributed by atoms with E-state index in [9.17, 15) is 4.79 Å². The highest BCUT2D eigenvalue weighted by molar-refractivity contribution is 7.99. The van der Waals surface area contributed by atoms with E-state index in [1.54, 1.807) is 10.9 Å². The molecule has 0 radical (unpaired) electrons. The molecule has 1 amide bonds. The molecular weight excluding hydrogens is 326 g/mol. The molecule has 0 fully saturated rings. The van der Waals surface area contributed by atoms with Gasteiger partial charge in [-0.05, 0) is 29.5 Å². The number of rotatable bonds is 6. The number of hydrogen-bond acceptors (Lipinski definition) is 6. The van der Waals surface area contributed by atoms with E-state index in [1.807, 2.05) is 55.1 Å². The van der Waals surface area contributed by atoms with Gasteiger partial charge >= 0.3 is 0 Å². The molecule has 1 unspecified atom stereocenters. The van der Waals surface area contributed by atoms with Crippen molar-refractivity contribution in [1.29, 1.82) is 0 Å². The van der Waals surface area contributed by atoms with Crippen molar-refractivity contribution in [2.24, 2.45) is 7.05 Å². The zero-order chi connectivity index (χ0) is 16.9. The predicted octanol–water partition coefficient (Wildman–Crippen LogP) is 1.37. The second kappa shape index (κ2) is 7.26. The first kappa shape index (κ1) is 16.2. The maximum absolute atomic E-state index is 12.2. The number of aryl methyl sites for hydroxylation is 1. The fourth-order valence-electron chi connectivity index (χ4n) is 2.19. The molecule has 0 bridgehead atoms. The van der Waals surface area contributed by atoms with Gasteiger partial charge in [0.15, 0.2) is 11.0 Å². The van der Waals surface area contributed by atoms with Gasteiger partial charge in [-0.3, -0.25) is 4.79 Å². The molecule has 0 aliphatic carbocycles. The molecular formula is C15H17N7OS. The summed E-state index contributed by atoms with van der Waals surface area (Å²) < 4.78 is 3.49. The first-order chi connectivity index (χ1) is 11.6. The average Bonchev–Trinajstić information content (AvgIpc) is 3.22. The van der Waals surface area contributed by atoms with E-state index in [0.717, 1.165) is 10.8 Å². The third kappa shape index (κ3) is 3.62. The number of carbonyl (C=O) groups excluding carboxylic acids is 1. The third-order valence-corrected chi connectivity index (χ3v) is 4.43. The van der Waals surface area contributed by atoms with Crippen molar-refractivity contribution in [1.82, 2.24) is 35.1 Å². The Morgan fingerprint density at radius 2 is 2.12 bits per heavy atom. The average molecular weight is 343 g/mol. The molecule has 0 saturated carbocycles. The van der Waals surface area contributed by atoms with Crippen LogP contribution in [0.1, 0.15) is 18.8 Å². The van der Waals surface area contributed by atoms with Crippen LogP contribution in [0.25, 0.3) is 5.69 Å². The predicted molar refractivity (Wildman–Crippen MR) is 89.6 cm³/mol. The number of aromatic nitrogens is 6. The Bertz CT molecular complexity index is 814. The van der Waals surface area contributed by atoms with Crippen molar-refractivity contribution in [3.05, 3.63) is 48.5 Å². The Morgan fingerprint density at radius 1 is 1.33 bits per heavy atom. The summed E-state index contributed by atoms with van der Waals surface area (Å²) in [6, 6.07) is 9.25. The molecule has 8 nitrogen and oxygen atoms in total. The summed E-state index contributed by atoms with van der Waals surface area (Å²) in [5.74, 6) is 0.761. The van der Waals surface area contributed by atoms with Gasteiger partial charge in [-0.25, -0.2) is 4.98 Å². The molecule has 0 aliphatic heterocycles. The minimum Gasteiger partial charge on any atom is -0.346 e. The van der Waals surface area contributed by atoms with Crippen molar-refractivity contribution in [3.63, 3.8) is 0 Å². The number of benzene rings is 1. The summed E-state index contributed by atoms with van der Waals surface area (Å²) in [4.78, 5) is 16.3. The summed E-state index contributed by atoms with van der Waals surface area (Å²) in [5.41, 5.74) is 0.848. The lowest BCUT2D eigenvalue weighted by Gasteiger charge is -2.13. The van der Waals surface area contributed by atoms with E-state index in [1.165, 1.54) is 11.8 Å². The number of imidazole rings is 1. The van der Waals surface area contributed by atoms with Crippen LogP contribution in [-0.2, 0) is 11.8 Å². The lowest BCUT2D eigenvalue weighted by Crippen LogP contribution is -2.30. The van der Waals surface area contributed by atoms with Gasteiger partial charge in [0.2, 0.25) is 5.91 Å². The Balaban J connectivity index is 1.63. The molecule has 1 atom stereocenters. The number of thioether (sulfide) groups is 1. The Hall–Kier alpha value is -2.68. The molecule has 0 spiro atoms. The zero-order valence-electron chi connectivity index (χ0n) is 13.3. The van der Waals surface area contributed by atoms with E-state index < -0.39 is 0 Å². The molecule has 1 aromatic carbocycles. The first-order valence-electron chi connectivity index (χ1n) is 7.38. The van der Waals surface area contributed by atoms with Crippen LogP contribution in [0.2, 0.25) is 0 Å². The largest absolute Gasteiger partial charge is 0.346 e. The van der Waals surface area contributed by atoms with E-state index >= 15 is 0 Å². The minimum atomic E-state index is -0.310. The van der Waals surface area contributed by atoms with Gasteiger partial charge in [-0.2, -0.15) is 4.68 Å². The van der Waals surface area contributed by atoms with Gasteiger partial charge in [0.05, 0.1) is 17.5 Å². The standard InChI is InChI=1S/C15H17N7OS/c1-11(17-13(23)10-24-15-16-8-9-21(15)2)14-18-19-20-22(14)12-6-4-3-5-7-12/h3-9,11H,10H2,1-2H3,(H,17,23). The van der Waals surface area contributed by atoms with Gasteiger partial charge in [-0.1, -0.05) is 30.0 Å². The maximum atomic E-state index is 12.2. The monoisotopic (exact) mass is 343 g/mol. The van der Waals surface area contributed by atoms with Crippen molar-refractivity contribution in [3.8, 4) is 5.69 Å². The van der Waals surface area contributed by atoms with Gasteiger partial charge in [0, 0.05) is 19.4 Å². The number of nitrogens with zero attached hydrogens (tertiary/aromatic N) is 6. The third-order valence-electron chi connectivity index (χ3n) is 3.37. The normalized spacial score (nSPS) is 12.1. The second-order valence-corrected chi connectivity index (χ2v) is 6.13. The van der Waals surface area contributed by atoms with E-state index in [0.29, 0.717) is 5.82 Å². The summed E-state index contributed by atoms with van der Waals surface area (Å²) >= 11 is 1.38. The van der Waals surface area contributed by atoms with Crippen molar-refractivity contribution in [2.75, 3.05) is 5.75 Å². The van der Waals surface area contributed by atoms with Crippen molar-refractivity contribution >= 4 is 17.7 Å². The Morgan fingerprint density at radius 3 is 2.83 bits per heavy atom. The van der Waals surface area contributed by atoms with Gasteiger partial charge in [-0.15, -0.1) is 5.10 Å². The van der Waals surface area contributed by atoms with Crippen LogP contribution in [0.15, 0.2) is 47.9 Å². The van der Waals surface area contributed by atoms with E-state index in [2.05, 4.69) is 25.8 Å². The number of tetrazole rings is 1. The fraction of sp³-hybridized carbons (Fsp3) is 0.267. The topological polar surface area (TPSA) is 90.5 Å². The van der Waals surface area contributed by atoms with E-state index in [4.69, 9.17) is 0 Å². The molecule has 124 valence electrons. The van der Waals surface area contributed by atoms with Crippen LogP contribution in [0.4, 0.5) is 0 Å². The SMILES string of the molecule is CC(NC(=O)CSc1nccn1C)c1nnnn1-c1ccccc1. The fourth-order valence-corrected chi connectivity index (χ4v) is 2.93. The Kier molecular flexibility index (Phi) is 4.90. The van der Waals surface area contributed by atoms with Crippen LogP contribution in [-0.4, -0.2) is 41.4 Å². The molecule has 3 rings (SSSR count). The van der Waals surface area contributed by atoms with E-state index in [-0.39, 0.29) is 17.7 Å². The number of para-hydroxylation sites is 1. The molecule has 24 heavy (non-hydrogen) atoms. The number of nitrogens with one attached hydrogen (secondary N) is 1. The number of hydrogen-bond donors (Lipinski definition) is 1. The lowest BCUT2D eigenvalue weighted by molar-refractivity contribution is -0.119. The summed E-state index contributed by atoms with van der Waals surface area (Å²) in [6.45, 7) is 1.86. The smallest absolute Gasteiger partial charge is 0.231 e. The minimum absolute atomic E-state index is 0.0990. The van der Waals surface area contributed by atoms with Crippen molar-refractivity contribution < 1.29 is 4.79 Å². The Labute approximate surface area is 143 Å². The second-order valence-electron chi connectivity index (χ2n) is 5.18. The van der Waals surface area contributed by atoms with Crippen LogP contribution in [0.5, 0.6) is 0 Å². The molecule has 2 aromatic heterocycles. The van der Waals surface area contributed by atoms with Crippen molar-refractivity contribution in [2.45, 2.75) is 18.1 Å². The van der Waals surface area contributed by atoms with Crippen LogP contribution < -0.4 is 5.32 Å². The number of carbonyl (C=O) groups is 1. The highest BCUT2D eigenvalue weighted by Gasteiger charge is 2.18. The van der Waals surface area contributed by atoms with Gasteiger partial charge < -0.3 is 9.88 Å². The maximum Gasteiger partial charge on any atom is 0.231 e. The van der Waals surface area contributed by atoms with Gasteiger partial charge in [0.25, 0.3) is 0 Å². The van der Waals surface area contributed by atoms with Crippen LogP contribution >= 0.6 is 11.8 Å². The molecule has 0 aliphatic rings.